The number of aromatic nitrogens is 2. The van der Waals surface area contributed by atoms with Gasteiger partial charge in [0.15, 0.2) is 0 Å². The summed E-state index contributed by atoms with van der Waals surface area (Å²) in [6.45, 7) is 2.27. The van der Waals surface area contributed by atoms with Gasteiger partial charge in [-0.25, -0.2) is 8.42 Å². The Hall–Kier alpha value is -8.74. The van der Waals surface area contributed by atoms with Gasteiger partial charge in [-0.2, -0.15) is 9.82 Å². The van der Waals surface area contributed by atoms with Crippen LogP contribution < -0.4 is 41.4 Å². The highest BCUT2D eigenvalue weighted by Gasteiger charge is 2.31. The van der Waals surface area contributed by atoms with Crippen LogP contribution in [0.1, 0.15) is 79.3 Å². The van der Waals surface area contributed by atoms with Gasteiger partial charge in [-0.05, 0) is 93.8 Å². The highest BCUT2D eigenvalue weighted by Crippen LogP contribution is 2.27. The van der Waals surface area contributed by atoms with Gasteiger partial charge in [0, 0.05) is 115 Å². The van der Waals surface area contributed by atoms with Crippen LogP contribution >= 0.6 is 0 Å². The molecule has 2 aliphatic heterocycles. The Morgan fingerprint density at radius 3 is 1.70 bits per heavy atom. The number of sulfonamides is 1. The highest BCUT2D eigenvalue weighted by atomic mass is 32.2. The van der Waals surface area contributed by atoms with Crippen molar-refractivity contribution in [3.05, 3.63) is 53.2 Å². The topological polar surface area (TPSA) is 480 Å². The molecule has 1 unspecified atom stereocenters. The maximum absolute atomic E-state index is 13.7. The van der Waals surface area contributed by atoms with E-state index in [1.165, 1.54) is 35.8 Å². The molecule has 13 N–H and O–H groups in total. The number of aryl methyl sites for hydroxylation is 2. The summed E-state index contributed by atoms with van der Waals surface area (Å²) in [5, 5.41) is 78.4. The van der Waals surface area contributed by atoms with E-state index < -0.39 is 145 Å². The molecule has 2 aliphatic rings. The first-order valence-electron chi connectivity index (χ1n) is 30.3. The van der Waals surface area contributed by atoms with E-state index in [2.05, 4.69) is 46.7 Å². The summed E-state index contributed by atoms with van der Waals surface area (Å²) >= 11 is 0. The third-order valence-corrected chi connectivity index (χ3v) is 16.8. The van der Waals surface area contributed by atoms with Gasteiger partial charge in [0.2, 0.25) is 33.7 Å². The lowest BCUT2D eigenvalue weighted by atomic mass is 10.1. The molecule has 4 atom stereocenters. The smallest absolute Gasteiger partial charge is 0.323 e. The van der Waals surface area contributed by atoms with Gasteiger partial charge < -0.3 is 62.0 Å². The Bertz CT molecular complexity index is 3220. The zero-order valence-electron chi connectivity index (χ0n) is 51.9. The molecule has 0 aliphatic carbocycles. The number of nitrogens with zero attached hydrogens (tertiary/aromatic N) is 7. The van der Waals surface area contributed by atoms with Gasteiger partial charge in [0.1, 0.15) is 23.9 Å². The number of carbonyl (C=O) groups excluding carboxylic acids is 5. The maximum Gasteiger partial charge on any atom is 0.323 e. The summed E-state index contributed by atoms with van der Waals surface area (Å²) in [6, 6.07) is 2.90. The molecular weight excluding hydrogens is 1240 g/mol. The van der Waals surface area contributed by atoms with Crippen LogP contribution in [0.5, 0.6) is 5.75 Å². The number of hydrogen-bond acceptors (Lipinski definition) is 21. The molecule has 34 nitrogen and oxygen atoms in total. The molecule has 1 fully saturated rings. The standard InChI is InChI=1S/C58H84N14O20S/c1-37-28-41(29-38(2)54(37)93(90,91)67-44(58(88)89)32-63-55(85)39-8-11-45-40(30-39)31-64-72(45)18-17-60-46-6-3-4-14-59-46)92-27-5-7-47(73)61-15-16-62-56(86)42(9-12-49(75)76)66-57(87)43(10-13-50(77)78)65-48(74)33-68-19-21-69(34-51(79)80)23-25-71(36-53(83)84)26-24-70(22-20-68)35-52(81)82/h8,11,14,28-31,42-44,46,60,67H,3-7,9-10,12-13,15-27,32-36H2,1-2H3,(H,61,73)(H,62,86)(H,63,85)(H,65,74)(H,66,87)(H,75,76)(H,77,78)(H,79,80)(H,81,82)(H,83,84)(H,88,89)/t42-,43-,44-,46?/m0/s1. The molecule has 3 heterocycles. The fourth-order valence-corrected chi connectivity index (χ4v) is 12.0. The molecule has 2 aromatic carbocycles. The Labute approximate surface area is 535 Å². The van der Waals surface area contributed by atoms with E-state index in [0.29, 0.717) is 18.5 Å². The molecule has 0 bridgehead atoms. The highest BCUT2D eigenvalue weighted by molar-refractivity contribution is 7.89. The number of carboxylic acid groups (broad SMARTS) is 6. The zero-order valence-corrected chi connectivity index (χ0v) is 52.7. The van der Waals surface area contributed by atoms with Crippen molar-refractivity contribution in [1.82, 2.24) is 66.0 Å². The van der Waals surface area contributed by atoms with E-state index in [-0.39, 0.29) is 125 Å². The lowest BCUT2D eigenvalue weighted by Gasteiger charge is -2.33. The summed E-state index contributed by atoms with van der Waals surface area (Å²) < 4.78 is 37.1. The quantitative estimate of drug-likeness (QED) is 0.0267. The molecule has 1 aromatic heterocycles. The fourth-order valence-electron chi connectivity index (χ4n) is 10.3. The predicted octanol–water partition coefficient (Wildman–Crippen LogP) is -2.45. The molecule has 5 amide bonds. The first-order chi connectivity index (χ1) is 44.1. The van der Waals surface area contributed by atoms with Crippen LogP contribution in [0.25, 0.3) is 10.9 Å². The van der Waals surface area contributed by atoms with Crippen molar-refractivity contribution in [2.24, 2.45) is 4.99 Å². The zero-order chi connectivity index (χ0) is 68.2. The van der Waals surface area contributed by atoms with Crippen LogP contribution in [0, 0.1) is 13.8 Å². The molecular formula is C58H84N14O20S. The second-order valence-corrected chi connectivity index (χ2v) is 24.1. The first-order valence-corrected chi connectivity index (χ1v) is 31.7. The minimum Gasteiger partial charge on any atom is -0.494 e. The third kappa shape index (κ3) is 26.8. The molecule has 1 saturated heterocycles. The van der Waals surface area contributed by atoms with Crippen LogP contribution in [-0.2, 0) is 64.5 Å². The molecule has 512 valence electrons. The molecule has 3 aromatic rings. The maximum atomic E-state index is 13.7. The van der Waals surface area contributed by atoms with Crippen molar-refractivity contribution < 1.29 is 96.5 Å². The Kier molecular flexibility index (Phi) is 30.4. The number of aliphatic carboxylic acids is 6. The number of carbonyl (C=O) groups is 11. The monoisotopic (exact) mass is 1330 g/mol. The first kappa shape index (κ1) is 75.0. The fraction of sp³-hybridized carbons (Fsp3) is 0.569. The number of carboxylic acids is 6. The van der Waals surface area contributed by atoms with E-state index in [1.54, 1.807) is 38.9 Å². The lowest BCUT2D eigenvalue weighted by molar-refractivity contribution is -0.140. The van der Waals surface area contributed by atoms with Gasteiger partial charge in [-0.3, -0.25) is 87.3 Å². The number of hydrogen-bond donors (Lipinski definition) is 13. The van der Waals surface area contributed by atoms with Crippen molar-refractivity contribution in [1.29, 1.82) is 0 Å². The minimum atomic E-state index is -4.49. The Morgan fingerprint density at radius 1 is 0.624 bits per heavy atom. The molecule has 93 heavy (non-hydrogen) atoms. The number of amides is 5. The lowest BCUT2D eigenvalue weighted by Crippen LogP contribution is -2.55. The van der Waals surface area contributed by atoms with Gasteiger partial charge in [-0.15, -0.1) is 0 Å². The minimum absolute atomic E-state index is 0.00705. The van der Waals surface area contributed by atoms with Crippen LogP contribution in [0.2, 0.25) is 0 Å². The number of fused-ring (bicyclic) bond motifs is 1. The normalized spacial score (nSPS) is 16.5. The molecule has 0 spiro atoms. The van der Waals surface area contributed by atoms with Gasteiger partial charge in [-0.1, -0.05) is 0 Å². The molecule has 0 radical (unpaired) electrons. The molecule has 35 heteroatoms. The van der Waals surface area contributed by atoms with Crippen LogP contribution in [0.4, 0.5) is 0 Å². The van der Waals surface area contributed by atoms with Crippen molar-refractivity contribution >= 4 is 92.5 Å². The van der Waals surface area contributed by atoms with Gasteiger partial charge in [0.25, 0.3) is 5.91 Å². The van der Waals surface area contributed by atoms with Gasteiger partial charge >= 0.3 is 35.8 Å². The SMILES string of the molecule is Cc1cc(OCCCC(=O)NCCNC(=O)[C@H](CCC(=O)O)NC(=O)[C@H](CCC(=O)O)NC(=O)CN2CCN(CC(=O)O)CCN(CC(=O)O)CCN(CC(=O)O)CC2)cc(C)c1S(=O)(=O)N[C@@H](CNC(=O)c1ccc2c(cnn2CCNC2CCCC=N2)c1)C(=O)O. The number of benzene rings is 2. The second kappa shape index (κ2) is 37.7. The summed E-state index contributed by atoms with van der Waals surface area (Å²) in [5.41, 5.74) is 1.41. The number of aliphatic imine (C=N–C) groups is 1. The summed E-state index contributed by atoms with van der Waals surface area (Å²) in [5.74, 6) is -11.2. The largest absolute Gasteiger partial charge is 0.494 e. The van der Waals surface area contributed by atoms with Crippen molar-refractivity contribution in [3.8, 4) is 5.75 Å². The number of nitrogens with one attached hydrogen (secondary N) is 7. The van der Waals surface area contributed by atoms with Crippen LogP contribution in [0.15, 0.2) is 46.4 Å². The van der Waals surface area contributed by atoms with E-state index in [1.807, 2.05) is 6.21 Å². The number of rotatable bonds is 37. The summed E-state index contributed by atoms with van der Waals surface area (Å²) in [4.78, 5) is 148. The molecule has 5 rings (SSSR count). The van der Waals surface area contributed by atoms with Crippen molar-refractivity contribution in [2.75, 3.05) is 111 Å². The molecule has 0 saturated carbocycles. The van der Waals surface area contributed by atoms with Gasteiger partial charge in [0.05, 0.1) is 62.1 Å². The third-order valence-electron chi connectivity index (χ3n) is 15.0. The average molecular weight is 1330 g/mol. The van der Waals surface area contributed by atoms with E-state index in [4.69, 9.17) is 4.74 Å². The Morgan fingerprint density at radius 2 is 1.17 bits per heavy atom. The van der Waals surface area contributed by atoms with Crippen molar-refractivity contribution in [3.63, 3.8) is 0 Å². The summed E-state index contributed by atoms with van der Waals surface area (Å²) in [7, 11) is -4.49. The van der Waals surface area contributed by atoms with Crippen LogP contribution in [-0.4, -0.2) is 276 Å². The second-order valence-electron chi connectivity index (χ2n) is 22.4. The van der Waals surface area contributed by atoms with Crippen LogP contribution in [0.3, 0.4) is 0 Å². The van der Waals surface area contributed by atoms with E-state index in [9.17, 15) is 91.8 Å². The van der Waals surface area contributed by atoms with Crippen molar-refractivity contribution in [2.45, 2.75) is 107 Å². The Balaban J connectivity index is 1.08. The van der Waals surface area contributed by atoms with E-state index in [0.717, 1.165) is 24.8 Å². The average Bonchev–Trinajstić information content (AvgIpc) is 1.50. The number of ether oxygens (including phenoxy) is 1. The van der Waals surface area contributed by atoms with E-state index >= 15 is 0 Å². The predicted molar refractivity (Wildman–Crippen MR) is 331 cm³/mol. The summed E-state index contributed by atoms with van der Waals surface area (Å²) in [6.07, 6.45) is 4.55.